The van der Waals surface area contributed by atoms with Gasteiger partial charge < -0.3 is 14.4 Å². The van der Waals surface area contributed by atoms with Gasteiger partial charge in [0.15, 0.2) is 10.9 Å². The van der Waals surface area contributed by atoms with E-state index in [0.29, 0.717) is 49.2 Å². The fourth-order valence-electron chi connectivity index (χ4n) is 4.86. The van der Waals surface area contributed by atoms with Gasteiger partial charge >= 0.3 is 0 Å². The molecule has 1 saturated heterocycles. The number of carbonyl (C=O) groups excluding carboxylic acids is 2. The summed E-state index contributed by atoms with van der Waals surface area (Å²) >= 11 is 1.54. The Hall–Kier alpha value is -2.35. The number of piperazine rings is 1. The van der Waals surface area contributed by atoms with Gasteiger partial charge in [-0.15, -0.1) is 0 Å². The minimum absolute atomic E-state index is 0.0977. The highest BCUT2D eigenvalue weighted by molar-refractivity contribution is 7.99. The summed E-state index contributed by atoms with van der Waals surface area (Å²) in [4.78, 5) is 33.0. The van der Waals surface area contributed by atoms with Crippen LogP contribution in [-0.2, 0) is 4.79 Å². The molecule has 8 heteroatoms. The number of nitrogens with zero attached hydrogens (tertiary/aromatic N) is 4. The van der Waals surface area contributed by atoms with E-state index in [1.165, 1.54) is 62.6 Å². The first-order chi connectivity index (χ1) is 15.8. The molecule has 2 fully saturated rings. The van der Waals surface area contributed by atoms with Crippen LogP contribution in [0.3, 0.4) is 0 Å². The first-order valence-corrected chi connectivity index (χ1v) is 12.8. The molecule has 0 bridgehead atoms. The summed E-state index contributed by atoms with van der Waals surface area (Å²) in [6.07, 6.45) is 6.19. The lowest BCUT2D eigenvalue weighted by Gasteiger charge is -2.36. The summed E-state index contributed by atoms with van der Waals surface area (Å²) in [5, 5.41) is 0.955. The van der Waals surface area contributed by atoms with Crippen molar-refractivity contribution in [3.63, 3.8) is 0 Å². The number of aryl methyl sites for hydroxylation is 1. The minimum Gasteiger partial charge on any atom is -0.366 e. The van der Waals surface area contributed by atoms with E-state index in [2.05, 4.69) is 11.5 Å². The van der Waals surface area contributed by atoms with Gasteiger partial charge in [-0.05, 0) is 51.8 Å². The number of amides is 1. The molecule has 0 unspecified atom stereocenters. The van der Waals surface area contributed by atoms with Crippen LogP contribution < -0.4 is 4.90 Å². The zero-order chi connectivity index (χ0) is 23.5. The molecule has 1 aliphatic heterocycles. The van der Waals surface area contributed by atoms with E-state index in [0.717, 1.165) is 10.9 Å². The van der Waals surface area contributed by atoms with E-state index < -0.39 is 5.82 Å². The van der Waals surface area contributed by atoms with Crippen LogP contribution in [0, 0.1) is 19.7 Å². The number of hydrogen-bond donors (Lipinski definition) is 0. The maximum Gasteiger partial charge on any atom is 0.233 e. The summed E-state index contributed by atoms with van der Waals surface area (Å²) in [7, 11) is 0. The zero-order valence-electron chi connectivity index (χ0n) is 19.8. The second-order valence-electron chi connectivity index (χ2n) is 9.11. The van der Waals surface area contributed by atoms with E-state index in [4.69, 9.17) is 4.98 Å². The van der Waals surface area contributed by atoms with Crippen molar-refractivity contribution in [3.8, 4) is 0 Å². The molecule has 1 aliphatic carbocycles. The summed E-state index contributed by atoms with van der Waals surface area (Å²) in [6.45, 7) is 7.86. The molecule has 1 saturated carbocycles. The predicted molar refractivity (Wildman–Crippen MR) is 130 cm³/mol. The lowest BCUT2D eigenvalue weighted by atomic mass is 9.95. The SMILES string of the molecule is CC(=O)c1ccc(N2CCN(C(=O)CSc3nc(C)c(C)n3C3CCCCC3)CC2)c(F)c1. The third kappa shape index (κ3) is 5.26. The summed E-state index contributed by atoms with van der Waals surface area (Å²) in [5.41, 5.74) is 3.12. The highest BCUT2D eigenvalue weighted by atomic mass is 32.2. The number of anilines is 1. The number of aromatic nitrogens is 2. The van der Waals surface area contributed by atoms with Gasteiger partial charge in [0.25, 0.3) is 0 Å². The molecule has 1 amide bonds. The monoisotopic (exact) mass is 472 g/mol. The molecule has 178 valence electrons. The minimum atomic E-state index is -0.390. The van der Waals surface area contributed by atoms with E-state index in [9.17, 15) is 14.0 Å². The number of thioether (sulfide) groups is 1. The fraction of sp³-hybridized carbons (Fsp3) is 0.560. The van der Waals surface area contributed by atoms with Gasteiger partial charge in [0, 0.05) is 43.5 Å². The van der Waals surface area contributed by atoms with Gasteiger partial charge in [-0.1, -0.05) is 31.0 Å². The predicted octanol–water partition coefficient (Wildman–Crippen LogP) is 4.79. The smallest absolute Gasteiger partial charge is 0.233 e. The molecular formula is C25H33FN4O2S. The number of rotatable bonds is 6. The number of halogens is 1. The molecule has 4 rings (SSSR count). The second kappa shape index (κ2) is 10.3. The van der Waals surface area contributed by atoms with Crippen LogP contribution in [0.15, 0.2) is 23.4 Å². The normalized spacial score (nSPS) is 17.5. The van der Waals surface area contributed by atoms with Crippen LogP contribution in [0.4, 0.5) is 10.1 Å². The Labute approximate surface area is 199 Å². The Kier molecular flexibility index (Phi) is 7.41. The van der Waals surface area contributed by atoms with Gasteiger partial charge in [0.1, 0.15) is 5.82 Å². The quantitative estimate of drug-likeness (QED) is 0.447. The molecule has 2 aromatic rings. The van der Waals surface area contributed by atoms with Crippen LogP contribution in [-0.4, -0.2) is 58.1 Å². The van der Waals surface area contributed by atoms with Crippen molar-refractivity contribution in [3.05, 3.63) is 41.0 Å². The largest absolute Gasteiger partial charge is 0.366 e. The van der Waals surface area contributed by atoms with Crippen LogP contribution >= 0.6 is 11.8 Å². The Balaban J connectivity index is 1.34. The number of carbonyl (C=O) groups is 2. The second-order valence-corrected chi connectivity index (χ2v) is 10.0. The number of Topliss-reactive ketones (excluding diaryl/α,β-unsaturated/α-hetero) is 1. The number of hydrogen-bond acceptors (Lipinski definition) is 5. The molecule has 0 atom stereocenters. The van der Waals surface area contributed by atoms with Gasteiger partial charge in [-0.3, -0.25) is 9.59 Å². The lowest BCUT2D eigenvalue weighted by molar-refractivity contribution is -0.128. The van der Waals surface area contributed by atoms with Crippen molar-refractivity contribution in [2.45, 2.75) is 64.1 Å². The number of benzene rings is 1. The lowest BCUT2D eigenvalue weighted by Crippen LogP contribution is -2.49. The molecule has 2 heterocycles. The van der Waals surface area contributed by atoms with Crippen molar-refractivity contribution < 1.29 is 14.0 Å². The standard InChI is InChI=1S/C25H33FN4O2S/c1-17-18(2)30(21-7-5-4-6-8-21)25(27-17)33-16-24(32)29-13-11-28(12-14-29)23-10-9-20(19(3)31)15-22(23)26/h9-10,15,21H,4-8,11-14,16H2,1-3H3. The van der Waals surface area contributed by atoms with Crippen molar-refractivity contribution in [2.24, 2.45) is 0 Å². The van der Waals surface area contributed by atoms with Crippen molar-refractivity contribution in [1.82, 2.24) is 14.5 Å². The maximum atomic E-state index is 14.5. The molecule has 2 aliphatic rings. The molecule has 1 aromatic heterocycles. The topological polar surface area (TPSA) is 58.4 Å². The van der Waals surface area contributed by atoms with Crippen LogP contribution in [0.1, 0.15) is 66.8 Å². The van der Waals surface area contributed by atoms with Gasteiger partial charge in [-0.25, -0.2) is 9.37 Å². The third-order valence-corrected chi connectivity index (χ3v) is 7.88. The van der Waals surface area contributed by atoms with E-state index >= 15 is 0 Å². The van der Waals surface area contributed by atoms with Crippen LogP contribution in [0.25, 0.3) is 0 Å². The number of ketones is 1. The van der Waals surface area contributed by atoms with E-state index in [1.54, 1.807) is 12.1 Å². The zero-order valence-corrected chi connectivity index (χ0v) is 20.6. The van der Waals surface area contributed by atoms with Gasteiger partial charge in [0.2, 0.25) is 5.91 Å². The number of imidazole rings is 1. The maximum absolute atomic E-state index is 14.5. The van der Waals surface area contributed by atoms with Gasteiger partial charge in [-0.2, -0.15) is 0 Å². The summed E-state index contributed by atoms with van der Waals surface area (Å²) < 4.78 is 16.9. The van der Waals surface area contributed by atoms with Crippen molar-refractivity contribution in [1.29, 1.82) is 0 Å². The average Bonchev–Trinajstić information content (AvgIpc) is 3.11. The van der Waals surface area contributed by atoms with Crippen molar-refractivity contribution >= 4 is 29.1 Å². The molecule has 0 radical (unpaired) electrons. The molecule has 0 spiro atoms. The first kappa shape index (κ1) is 23.8. The van der Waals surface area contributed by atoms with Crippen LogP contribution in [0.2, 0.25) is 0 Å². The molecule has 33 heavy (non-hydrogen) atoms. The van der Waals surface area contributed by atoms with E-state index in [1.807, 2.05) is 16.7 Å². The Bertz CT molecular complexity index is 1020. The van der Waals surface area contributed by atoms with Crippen LogP contribution in [0.5, 0.6) is 0 Å². The Morgan fingerprint density at radius 1 is 1.09 bits per heavy atom. The highest BCUT2D eigenvalue weighted by Crippen LogP contribution is 2.34. The molecular weight excluding hydrogens is 439 g/mol. The first-order valence-electron chi connectivity index (χ1n) is 11.9. The molecule has 6 nitrogen and oxygen atoms in total. The Morgan fingerprint density at radius 3 is 2.42 bits per heavy atom. The van der Waals surface area contributed by atoms with E-state index in [-0.39, 0.29) is 11.7 Å². The molecule has 1 aromatic carbocycles. The van der Waals surface area contributed by atoms with Crippen molar-refractivity contribution in [2.75, 3.05) is 36.8 Å². The fourth-order valence-corrected chi connectivity index (χ4v) is 5.93. The summed E-state index contributed by atoms with van der Waals surface area (Å²) in [6, 6.07) is 5.11. The molecule has 0 N–H and O–H groups in total. The van der Waals surface area contributed by atoms with Gasteiger partial charge in [0.05, 0.1) is 17.1 Å². The average molecular weight is 473 g/mol. The highest BCUT2D eigenvalue weighted by Gasteiger charge is 2.26. The summed E-state index contributed by atoms with van der Waals surface area (Å²) in [5.74, 6) is -0.0775. The Morgan fingerprint density at radius 2 is 1.79 bits per heavy atom. The third-order valence-electron chi connectivity index (χ3n) is 6.95.